The van der Waals surface area contributed by atoms with Crippen molar-refractivity contribution in [3.8, 4) is 17.2 Å². The van der Waals surface area contributed by atoms with Crippen LogP contribution in [-0.4, -0.2) is 97.8 Å². The highest BCUT2D eigenvalue weighted by Crippen LogP contribution is 2.29. The van der Waals surface area contributed by atoms with Gasteiger partial charge in [0.1, 0.15) is 17.7 Å². The summed E-state index contributed by atoms with van der Waals surface area (Å²) in [4.78, 5) is 51.8. The lowest BCUT2D eigenvalue weighted by atomic mass is 10.0. The highest BCUT2D eigenvalue weighted by molar-refractivity contribution is 5.94. The highest BCUT2D eigenvalue weighted by Gasteiger charge is 2.35. The molecule has 0 unspecified atom stereocenters. The Labute approximate surface area is 271 Å². The summed E-state index contributed by atoms with van der Waals surface area (Å²) >= 11 is 0. The van der Waals surface area contributed by atoms with E-state index in [-0.39, 0.29) is 43.7 Å². The molecule has 2 N–H and O–H groups in total. The van der Waals surface area contributed by atoms with Crippen molar-refractivity contribution in [3.63, 3.8) is 0 Å². The maximum atomic E-state index is 14.6. The minimum Gasteiger partial charge on any atom is -0.493 e. The number of aromatic nitrogens is 2. The van der Waals surface area contributed by atoms with E-state index in [1.54, 1.807) is 23.1 Å². The van der Waals surface area contributed by atoms with Gasteiger partial charge in [0.25, 0.3) is 11.8 Å². The number of likely N-dealkylation sites (tertiary alicyclic amines) is 1. The Hall–Kier alpha value is -4.98. The molecule has 3 amide bonds. The molecule has 0 spiro atoms. The molecule has 47 heavy (non-hydrogen) atoms. The first kappa shape index (κ1) is 32.0. The third kappa shape index (κ3) is 8.06. The SMILES string of the molecule is COc1ccc2cc1OCC(=O)N[C@@H]1CN(C(=O)c3cnc(N4CCOCC4)nc3)CC[C@H]1Oc1cc(F)cc(c1)CNC(=O)CC2. The van der Waals surface area contributed by atoms with Crippen LogP contribution in [0, 0.1) is 5.82 Å². The average molecular weight is 649 g/mol. The first-order chi connectivity index (χ1) is 22.8. The number of ether oxygens (including phenoxy) is 4. The van der Waals surface area contributed by atoms with Gasteiger partial charge >= 0.3 is 0 Å². The van der Waals surface area contributed by atoms with Crippen molar-refractivity contribution in [2.75, 3.05) is 58.0 Å². The number of halogens is 1. The summed E-state index contributed by atoms with van der Waals surface area (Å²) in [5.41, 5.74) is 1.67. The molecular weight excluding hydrogens is 611 g/mol. The van der Waals surface area contributed by atoms with E-state index in [2.05, 4.69) is 20.6 Å². The maximum absolute atomic E-state index is 14.6. The molecule has 0 aliphatic carbocycles. The number of morpholine rings is 1. The normalized spacial score (nSPS) is 20.7. The van der Waals surface area contributed by atoms with Gasteiger partial charge in [-0.2, -0.15) is 0 Å². The van der Waals surface area contributed by atoms with E-state index in [1.165, 1.54) is 31.6 Å². The number of nitrogens with one attached hydrogen (secondary N) is 2. The largest absolute Gasteiger partial charge is 0.493 e. The van der Waals surface area contributed by atoms with Gasteiger partial charge in [0.2, 0.25) is 11.9 Å². The number of anilines is 1. The molecule has 6 rings (SSSR count). The van der Waals surface area contributed by atoms with Gasteiger partial charge < -0.3 is 39.4 Å². The van der Waals surface area contributed by atoms with Crippen LogP contribution in [0.3, 0.4) is 0 Å². The van der Waals surface area contributed by atoms with Gasteiger partial charge in [-0.15, -0.1) is 0 Å². The van der Waals surface area contributed by atoms with Crippen LogP contribution in [0.15, 0.2) is 48.8 Å². The molecule has 3 aromatic rings. The lowest BCUT2D eigenvalue weighted by Crippen LogP contribution is -2.58. The molecule has 2 saturated heterocycles. The van der Waals surface area contributed by atoms with Crippen LogP contribution in [0.5, 0.6) is 17.2 Å². The van der Waals surface area contributed by atoms with E-state index in [0.717, 1.165) is 5.56 Å². The van der Waals surface area contributed by atoms with Gasteiger partial charge in [0, 0.05) is 64.0 Å². The number of hydrogen-bond donors (Lipinski definition) is 2. The second-order valence-electron chi connectivity index (χ2n) is 11.6. The predicted octanol–water partition coefficient (Wildman–Crippen LogP) is 1.88. The zero-order chi connectivity index (χ0) is 32.8. The summed E-state index contributed by atoms with van der Waals surface area (Å²) in [5, 5.41) is 5.80. The first-order valence-corrected chi connectivity index (χ1v) is 15.6. The van der Waals surface area contributed by atoms with Crippen molar-refractivity contribution in [2.45, 2.75) is 38.0 Å². The lowest BCUT2D eigenvalue weighted by Gasteiger charge is -2.39. The third-order valence-corrected chi connectivity index (χ3v) is 8.30. The van der Waals surface area contributed by atoms with E-state index >= 15 is 0 Å². The Morgan fingerprint density at radius 2 is 1.81 bits per heavy atom. The Bertz CT molecular complexity index is 1600. The summed E-state index contributed by atoms with van der Waals surface area (Å²) in [5.74, 6) is 0.144. The molecule has 14 heteroatoms. The standard InChI is InChI=1S/C33H37FN6O7/c1-44-28-4-2-21-3-5-30(41)35-16-22-12-24(34)15-25(13-22)47-27-6-7-40(19-26(27)38-31(42)20-46-29(28)14-21)32(43)23-17-36-33(37-18-23)39-8-10-45-11-9-39/h2,4,12-15,17-18,26-27H,3,5-11,16,19-20H2,1H3,(H,35,41)(H,38,42)/t26-,27-/m1/s1. The monoisotopic (exact) mass is 648 g/mol. The number of piperidine rings is 1. The van der Waals surface area contributed by atoms with Gasteiger partial charge in [-0.25, -0.2) is 14.4 Å². The molecule has 2 aromatic carbocycles. The van der Waals surface area contributed by atoms with Crippen LogP contribution >= 0.6 is 0 Å². The molecule has 2 atom stereocenters. The van der Waals surface area contributed by atoms with E-state index in [1.807, 2.05) is 11.0 Å². The van der Waals surface area contributed by atoms with Crippen LogP contribution < -0.4 is 29.7 Å². The fourth-order valence-electron chi connectivity index (χ4n) is 5.83. The summed E-state index contributed by atoms with van der Waals surface area (Å²) < 4.78 is 37.5. The molecule has 0 radical (unpaired) electrons. The molecular formula is C33H37FN6O7. The van der Waals surface area contributed by atoms with Gasteiger partial charge in [0.15, 0.2) is 18.1 Å². The molecule has 1 aromatic heterocycles. The topological polar surface area (TPSA) is 144 Å². The minimum atomic E-state index is -0.657. The van der Waals surface area contributed by atoms with Crippen molar-refractivity contribution in [1.29, 1.82) is 0 Å². The number of amides is 3. The molecule has 3 aliphatic heterocycles. The van der Waals surface area contributed by atoms with Crippen LogP contribution in [0.1, 0.15) is 34.3 Å². The van der Waals surface area contributed by atoms with E-state index in [0.29, 0.717) is 74.3 Å². The number of aryl methyl sites for hydroxylation is 1. The van der Waals surface area contributed by atoms with Crippen LogP contribution in [-0.2, 0) is 27.3 Å². The zero-order valence-electron chi connectivity index (χ0n) is 26.1. The van der Waals surface area contributed by atoms with Crippen molar-refractivity contribution in [3.05, 3.63) is 71.3 Å². The Kier molecular flexibility index (Phi) is 9.95. The fraction of sp³-hybridized carbons (Fsp3) is 0.424. The van der Waals surface area contributed by atoms with Crippen molar-refractivity contribution in [1.82, 2.24) is 25.5 Å². The molecule has 4 heterocycles. The van der Waals surface area contributed by atoms with Crippen molar-refractivity contribution in [2.24, 2.45) is 0 Å². The van der Waals surface area contributed by atoms with Crippen LogP contribution in [0.2, 0.25) is 0 Å². The zero-order valence-corrected chi connectivity index (χ0v) is 26.1. The van der Waals surface area contributed by atoms with Gasteiger partial charge in [0.05, 0.1) is 31.9 Å². The summed E-state index contributed by atoms with van der Waals surface area (Å²) in [6.07, 6.45) is 3.39. The van der Waals surface area contributed by atoms with E-state index in [9.17, 15) is 18.8 Å². The summed E-state index contributed by atoms with van der Waals surface area (Å²) in [7, 11) is 1.50. The molecule has 0 saturated carbocycles. The quantitative estimate of drug-likeness (QED) is 0.432. The number of hydrogen-bond acceptors (Lipinski definition) is 10. The highest BCUT2D eigenvalue weighted by atomic mass is 19.1. The Morgan fingerprint density at radius 1 is 1.00 bits per heavy atom. The molecule has 248 valence electrons. The van der Waals surface area contributed by atoms with Crippen LogP contribution in [0.25, 0.3) is 0 Å². The number of benzene rings is 2. The number of carbonyl (C=O) groups excluding carboxylic acids is 3. The Balaban J connectivity index is 1.22. The number of methoxy groups -OCH3 is 1. The minimum absolute atomic E-state index is 0.115. The summed E-state index contributed by atoms with van der Waals surface area (Å²) in [6, 6.07) is 8.89. The predicted molar refractivity (Wildman–Crippen MR) is 167 cm³/mol. The lowest BCUT2D eigenvalue weighted by molar-refractivity contribution is -0.125. The number of nitrogens with zero attached hydrogens (tertiary/aromatic N) is 4. The smallest absolute Gasteiger partial charge is 0.258 e. The fourth-order valence-corrected chi connectivity index (χ4v) is 5.83. The summed E-state index contributed by atoms with van der Waals surface area (Å²) in [6.45, 7) is 2.75. The first-order valence-electron chi connectivity index (χ1n) is 15.6. The second kappa shape index (κ2) is 14.6. The molecule has 3 aliphatic rings. The van der Waals surface area contributed by atoms with Gasteiger partial charge in [-0.05, 0) is 41.8 Å². The van der Waals surface area contributed by atoms with E-state index in [4.69, 9.17) is 18.9 Å². The third-order valence-electron chi connectivity index (χ3n) is 8.30. The molecule has 4 bridgehead atoms. The number of fused-ring (bicyclic) bond motifs is 5. The molecule has 13 nitrogen and oxygen atoms in total. The average Bonchev–Trinajstić information content (AvgIpc) is 3.09. The Morgan fingerprint density at radius 3 is 2.60 bits per heavy atom. The maximum Gasteiger partial charge on any atom is 0.258 e. The number of carbonyl (C=O) groups is 3. The van der Waals surface area contributed by atoms with Crippen LogP contribution in [0.4, 0.5) is 10.3 Å². The van der Waals surface area contributed by atoms with Crippen molar-refractivity contribution < 1.29 is 37.7 Å². The number of rotatable bonds is 3. The van der Waals surface area contributed by atoms with Crippen molar-refractivity contribution >= 4 is 23.7 Å². The molecule has 2 fully saturated rings. The van der Waals surface area contributed by atoms with Gasteiger partial charge in [-0.1, -0.05) is 6.07 Å². The second-order valence-corrected chi connectivity index (χ2v) is 11.6. The van der Waals surface area contributed by atoms with Gasteiger partial charge in [-0.3, -0.25) is 14.4 Å². The van der Waals surface area contributed by atoms with E-state index < -0.39 is 23.9 Å².